The van der Waals surface area contributed by atoms with Crippen molar-refractivity contribution in [1.29, 1.82) is 0 Å². The number of β-amino-alcohol motifs (C(OH)–C–C–N with tert-alkyl or cyclic N) is 1. The van der Waals surface area contributed by atoms with Crippen molar-refractivity contribution in [1.82, 2.24) is 4.90 Å². The molecule has 1 atom stereocenters. The van der Waals surface area contributed by atoms with Crippen molar-refractivity contribution >= 4 is 17.7 Å². The number of carbonyl (C=O) groups is 1. The number of hydrogen-bond acceptors (Lipinski definition) is 3. The Kier molecular flexibility index (Phi) is 3.63. The van der Waals surface area contributed by atoms with E-state index in [-0.39, 0.29) is 11.3 Å². The Morgan fingerprint density at radius 3 is 2.00 bits per heavy atom. The Morgan fingerprint density at radius 2 is 1.57 bits per heavy atom. The molecule has 1 N–H and O–H groups in total. The van der Waals surface area contributed by atoms with E-state index >= 15 is 0 Å². The van der Waals surface area contributed by atoms with Crippen LogP contribution in [0.2, 0.25) is 0 Å². The highest BCUT2D eigenvalue weighted by molar-refractivity contribution is 8.01. The van der Waals surface area contributed by atoms with Gasteiger partial charge in [0.2, 0.25) is 5.91 Å². The molecule has 1 saturated heterocycles. The molecule has 5 fully saturated rings. The van der Waals surface area contributed by atoms with Gasteiger partial charge in [0.25, 0.3) is 0 Å². The molecule has 130 valence electrons. The lowest BCUT2D eigenvalue weighted by Gasteiger charge is -2.56. The number of amides is 1. The fourth-order valence-electron chi connectivity index (χ4n) is 5.98. The Labute approximate surface area is 144 Å². The molecule has 4 heteroatoms. The first kappa shape index (κ1) is 16.3. The highest BCUT2D eigenvalue weighted by Crippen LogP contribution is 2.60. The van der Waals surface area contributed by atoms with Crippen LogP contribution >= 0.6 is 11.8 Å². The van der Waals surface area contributed by atoms with Crippen molar-refractivity contribution in [2.75, 3.05) is 18.8 Å². The first-order valence-electron chi connectivity index (χ1n) is 9.32. The second-order valence-electron chi connectivity index (χ2n) is 9.80. The molecule has 0 spiro atoms. The van der Waals surface area contributed by atoms with E-state index in [4.69, 9.17) is 0 Å². The average molecular weight is 338 g/mol. The summed E-state index contributed by atoms with van der Waals surface area (Å²) in [4.78, 5) is 14.6. The van der Waals surface area contributed by atoms with Crippen molar-refractivity contribution in [2.45, 2.75) is 69.6 Å². The van der Waals surface area contributed by atoms with Crippen LogP contribution in [0, 0.1) is 23.2 Å². The summed E-state index contributed by atoms with van der Waals surface area (Å²) in [5.74, 6) is 3.66. The molecule has 23 heavy (non-hydrogen) atoms. The zero-order valence-electron chi connectivity index (χ0n) is 14.8. The molecule has 4 aliphatic carbocycles. The van der Waals surface area contributed by atoms with Gasteiger partial charge in [0.05, 0.1) is 11.4 Å². The number of carbonyl (C=O) groups excluding carboxylic acids is 1. The molecular formula is C19H31NO2S. The monoisotopic (exact) mass is 337 g/mol. The second kappa shape index (κ2) is 5.14. The molecule has 0 aromatic rings. The van der Waals surface area contributed by atoms with E-state index in [0.717, 1.165) is 17.8 Å². The van der Waals surface area contributed by atoms with Gasteiger partial charge in [0.1, 0.15) is 0 Å². The largest absolute Gasteiger partial charge is 0.388 e. The van der Waals surface area contributed by atoms with E-state index in [9.17, 15) is 9.90 Å². The van der Waals surface area contributed by atoms with Gasteiger partial charge in [-0.25, -0.2) is 0 Å². The summed E-state index contributed by atoms with van der Waals surface area (Å²) in [5, 5.41) is 10.5. The summed E-state index contributed by atoms with van der Waals surface area (Å²) in [7, 11) is 0. The third kappa shape index (κ3) is 2.74. The van der Waals surface area contributed by atoms with Gasteiger partial charge in [-0.2, -0.15) is 0 Å². The minimum atomic E-state index is -0.770. The summed E-state index contributed by atoms with van der Waals surface area (Å²) < 4.78 is 0.405. The van der Waals surface area contributed by atoms with Crippen molar-refractivity contribution in [3.63, 3.8) is 0 Å². The maximum Gasteiger partial charge on any atom is 0.232 e. The van der Waals surface area contributed by atoms with E-state index in [0.29, 0.717) is 23.6 Å². The quantitative estimate of drug-likeness (QED) is 0.859. The zero-order chi connectivity index (χ0) is 16.5. The van der Waals surface area contributed by atoms with Crippen molar-refractivity contribution in [3.05, 3.63) is 0 Å². The zero-order valence-corrected chi connectivity index (χ0v) is 15.6. The highest BCUT2D eigenvalue weighted by Gasteiger charge is 2.52. The summed E-state index contributed by atoms with van der Waals surface area (Å²) in [5.41, 5.74) is -0.984. The molecule has 4 bridgehead atoms. The van der Waals surface area contributed by atoms with E-state index in [1.54, 1.807) is 0 Å². The van der Waals surface area contributed by atoms with Gasteiger partial charge in [-0.1, -0.05) is 13.8 Å². The molecule has 1 amide bonds. The summed E-state index contributed by atoms with van der Waals surface area (Å²) in [6.07, 6.45) is 8.41. The lowest BCUT2D eigenvalue weighted by molar-refractivity contribution is -0.128. The molecule has 0 aromatic heterocycles. The summed E-state index contributed by atoms with van der Waals surface area (Å²) >= 11 is 1.96. The van der Waals surface area contributed by atoms with Crippen molar-refractivity contribution in [3.8, 4) is 0 Å². The third-order valence-electron chi connectivity index (χ3n) is 7.38. The topological polar surface area (TPSA) is 40.5 Å². The smallest absolute Gasteiger partial charge is 0.232 e. The number of hydrogen-bond donors (Lipinski definition) is 1. The van der Waals surface area contributed by atoms with Crippen LogP contribution in [0.15, 0.2) is 0 Å². The van der Waals surface area contributed by atoms with Crippen LogP contribution in [-0.2, 0) is 4.79 Å². The van der Waals surface area contributed by atoms with Crippen LogP contribution in [0.1, 0.15) is 59.3 Å². The Hall–Kier alpha value is -0.220. The molecule has 0 unspecified atom stereocenters. The van der Waals surface area contributed by atoms with Crippen LogP contribution < -0.4 is 0 Å². The Balaban J connectivity index is 1.38. The maximum atomic E-state index is 12.7. The molecule has 5 aliphatic rings. The van der Waals surface area contributed by atoms with Crippen molar-refractivity contribution < 1.29 is 9.90 Å². The number of nitrogens with zero attached hydrogens (tertiary/aromatic N) is 1. The second-order valence-corrected chi connectivity index (χ2v) is 11.2. The van der Waals surface area contributed by atoms with Crippen LogP contribution in [0.5, 0.6) is 0 Å². The molecule has 5 rings (SSSR count). The Morgan fingerprint density at radius 1 is 1.04 bits per heavy atom. The highest BCUT2D eigenvalue weighted by atomic mass is 32.2. The SMILES string of the molecule is CC1(C)CN(C(=O)CSC23CC4CC(CC(C4)C2)C3)C[C@@]1(C)O. The van der Waals surface area contributed by atoms with Gasteiger partial charge in [0.15, 0.2) is 0 Å². The molecule has 1 aliphatic heterocycles. The van der Waals surface area contributed by atoms with Gasteiger partial charge in [-0.3, -0.25) is 4.79 Å². The fraction of sp³-hybridized carbons (Fsp3) is 0.947. The molecule has 3 nitrogen and oxygen atoms in total. The van der Waals surface area contributed by atoms with E-state index < -0.39 is 5.60 Å². The molecular weight excluding hydrogens is 306 g/mol. The fourth-order valence-corrected chi connectivity index (χ4v) is 7.65. The van der Waals surface area contributed by atoms with Gasteiger partial charge >= 0.3 is 0 Å². The average Bonchev–Trinajstić information content (AvgIpc) is 2.63. The maximum absolute atomic E-state index is 12.7. The van der Waals surface area contributed by atoms with Crippen LogP contribution in [-0.4, -0.2) is 45.1 Å². The van der Waals surface area contributed by atoms with E-state index in [1.165, 1.54) is 38.5 Å². The summed E-state index contributed by atoms with van der Waals surface area (Å²) in [6, 6.07) is 0. The predicted octanol–water partition coefficient (Wildman–Crippen LogP) is 3.31. The predicted molar refractivity (Wildman–Crippen MR) is 94.3 cm³/mol. The number of likely N-dealkylation sites (tertiary alicyclic amines) is 1. The normalized spacial score (nSPS) is 47.3. The lowest BCUT2D eigenvalue weighted by Crippen LogP contribution is -2.49. The van der Waals surface area contributed by atoms with Crippen LogP contribution in [0.3, 0.4) is 0 Å². The lowest BCUT2D eigenvalue weighted by atomic mass is 9.56. The first-order valence-corrected chi connectivity index (χ1v) is 10.3. The van der Waals surface area contributed by atoms with E-state index in [1.807, 2.05) is 23.6 Å². The number of thioether (sulfide) groups is 1. The molecule has 1 heterocycles. The number of aliphatic hydroxyl groups is 1. The van der Waals surface area contributed by atoms with Gasteiger partial charge in [-0.05, 0) is 63.2 Å². The van der Waals surface area contributed by atoms with Crippen molar-refractivity contribution in [2.24, 2.45) is 23.2 Å². The van der Waals surface area contributed by atoms with Crippen LogP contribution in [0.25, 0.3) is 0 Å². The standard InChI is InChI=1S/C19H31NO2S/c1-17(2)11-20(12-18(17,3)22)16(21)10-23-19-7-13-4-14(8-19)6-15(5-13)9-19/h13-15,22H,4-12H2,1-3H3/t13?,14?,15?,18-,19?/m1/s1. The minimum Gasteiger partial charge on any atom is -0.388 e. The molecule has 0 radical (unpaired) electrons. The molecule has 0 aromatic carbocycles. The molecule has 4 saturated carbocycles. The Bertz CT molecular complexity index is 462. The number of rotatable bonds is 3. The van der Waals surface area contributed by atoms with E-state index in [2.05, 4.69) is 13.8 Å². The first-order chi connectivity index (χ1) is 10.7. The van der Waals surface area contributed by atoms with Gasteiger partial charge in [-0.15, -0.1) is 11.8 Å². The third-order valence-corrected chi connectivity index (χ3v) is 8.88. The summed E-state index contributed by atoms with van der Waals surface area (Å²) in [6.45, 7) is 7.16. The van der Waals surface area contributed by atoms with Crippen LogP contribution in [0.4, 0.5) is 0 Å². The van der Waals surface area contributed by atoms with Gasteiger partial charge in [0, 0.05) is 23.3 Å². The van der Waals surface area contributed by atoms with Gasteiger partial charge < -0.3 is 10.0 Å². The minimum absolute atomic E-state index is 0.214.